The molecule has 2 unspecified atom stereocenters. The highest BCUT2D eigenvalue weighted by molar-refractivity contribution is 5.85. The number of methoxy groups -OCH3 is 2. The Labute approximate surface area is 148 Å². The van der Waals surface area contributed by atoms with Gasteiger partial charge in [0.1, 0.15) is 17.2 Å². The summed E-state index contributed by atoms with van der Waals surface area (Å²) in [6, 6.07) is 5.04. The SMILES string of the molecule is COc1cc(OC)cc(OCCCNC(=O)C2CC(O)CN2)c1.Cl. The smallest absolute Gasteiger partial charge is 0.237 e. The number of β-amino-alcohol motifs (C(OH)–C–C–N with tert-alkyl or cyclic N) is 1. The maximum Gasteiger partial charge on any atom is 0.237 e. The van der Waals surface area contributed by atoms with Gasteiger partial charge in [0.25, 0.3) is 0 Å². The summed E-state index contributed by atoms with van der Waals surface area (Å²) in [6.07, 6.45) is 0.712. The number of aliphatic hydroxyl groups is 1. The van der Waals surface area contributed by atoms with Crippen molar-refractivity contribution in [2.45, 2.75) is 25.0 Å². The summed E-state index contributed by atoms with van der Waals surface area (Å²) in [5, 5.41) is 15.2. The number of amides is 1. The van der Waals surface area contributed by atoms with Gasteiger partial charge < -0.3 is 30.0 Å². The summed E-state index contributed by atoms with van der Waals surface area (Å²) < 4.78 is 16.0. The van der Waals surface area contributed by atoms with E-state index in [0.717, 1.165) is 0 Å². The van der Waals surface area contributed by atoms with Gasteiger partial charge in [0.05, 0.1) is 33.0 Å². The highest BCUT2D eigenvalue weighted by Gasteiger charge is 2.27. The number of carbonyl (C=O) groups is 1. The fourth-order valence-corrected chi connectivity index (χ4v) is 2.38. The van der Waals surface area contributed by atoms with Crippen molar-refractivity contribution in [3.8, 4) is 17.2 Å². The summed E-state index contributed by atoms with van der Waals surface area (Å²) in [5.41, 5.74) is 0. The summed E-state index contributed by atoms with van der Waals surface area (Å²) >= 11 is 0. The number of benzene rings is 1. The minimum absolute atomic E-state index is 0. The van der Waals surface area contributed by atoms with Gasteiger partial charge in [0, 0.05) is 31.3 Å². The van der Waals surface area contributed by atoms with Crippen LogP contribution >= 0.6 is 12.4 Å². The number of nitrogens with one attached hydrogen (secondary N) is 2. The summed E-state index contributed by atoms with van der Waals surface area (Å²) in [4.78, 5) is 11.8. The minimum atomic E-state index is -0.433. The zero-order valence-electron chi connectivity index (χ0n) is 13.9. The van der Waals surface area contributed by atoms with Crippen LogP contribution in [0.2, 0.25) is 0 Å². The van der Waals surface area contributed by atoms with Gasteiger partial charge in [-0.25, -0.2) is 0 Å². The molecule has 1 aromatic rings. The predicted molar refractivity (Wildman–Crippen MR) is 92.3 cm³/mol. The molecule has 2 rings (SSSR count). The second kappa shape index (κ2) is 10.2. The van der Waals surface area contributed by atoms with E-state index < -0.39 is 6.10 Å². The maximum atomic E-state index is 11.8. The second-order valence-corrected chi connectivity index (χ2v) is 5.39. The molecule has 0 spiro atoms. The number of rotatable bonds is 8. The number of ether oxygens (including phenoxy) is 3. The zero-order chi connectivity index (χ0) is 16.7. The highest BCUT2D eigenvalue weighted by Crippen LogP contribution is 2.27. The Morgan fingerprint density at radius 1 is 1.25 bits per heavy atom. The van der Waals surface area contributed by atoms with E-state index in [9.17, 15) is 9.90 Å². The molecule has 0 aliphatic carbocycles. The molecule has 1 heterocycles. The highest BCUT2D eigenvalue weighted by atomic mass is 35.5. The average Bonchev–Trinajstić information content (AvgIpc) is 3.00. The molecule has 0 radical (unpaired) electrons. The first-order valence-corrected chi connectivity index (χ1v) is 7.67. The summed E-state index contributed by atoms with van der Waals surface area (Å²) in [7, 11) is 3.17. The van der Waals surface area contributed by atoms with Crippen molar-refractivity contribution in [3.63, 3.8) is 0 Å². The number of aliphatic hydroxyl groups excluding tert-OH is 1. The van der Waals surface area contributed by atoms with Crippen LogP contribution in [0.3, 0.4) is 0 Å². The monoisotopic (exact) mass is 360 g/mol. The summed E-state index contributed by atoms with van der Waals surface area (Å²) in [5.74, 6) is 1.91. The number of hydrogen-bond acceptors (Lipinski definition) is 6. The Morgan fingerprint density at radius 3 is 2.42 bits per heavy atom. The standard InChI is InChI=1S/C16H24N2O5.ClH/c1-21-12-7-13(22-2)9-14(8-12)23-5-3-4-17-16(20)15-6-11(19)10-18-15;/h7-9,11,15,18-19H,3-6,10H2,1-2H3,(H,17,20);1H. The first-order valence-electron chi connectivity index (χ1n) is 7.67. The zero-order valence-corrected chi connectivity index (χ0v) is 14.7. The maximum absolute atomic E-state index is 11.8. The van der Waals surface area contributed by atoms with Crippen molar-refractivity contribution in [3.05, 3.63) is 18.2 Å². The Balaban J connectivity index is 0.00000288. The van der Waals surface area contributed by atoms with E-state index in [1.807, 2.05) is 0 Å². The number of hydrogen-bond donors (Lipinski definition) is 3. The van der Waals surface area contributed by atoms with Gasteiger partial charge in [-0.1, -0.05) is 0 Å². The van der Waals surface area contributed by atoms with Gasteiger partial charge in [-0.05, 0) is 12.8 Å². The Hall–Kier alpha value is -1.70. The van der Waals surface area contributed by atoms with Gasteiger partial charge in [-0.3, -0.25) is 4.79 Å². The van der Waals surface area contributed by atoms with Crippen molar-refractivity contribution in [2.75, 3.05) is 33.9 Å². The van der Waals surface area contributed by atoms with Crippen LogP contribution in [0.4, 0.5) is 0 Å². The first kappa shape index (κ1) is 20.3. The van der Waals surface area contributed by atoms with Crippen molar-refractivity contribution < 1.29 is 24.1 Å². The molecule has 24 heavy (non-hydrogen) atoms. The lowest BCUT2D eigenvalue weighted by Gasteiger charge is -2.12. The molecule has 7 nitrogen and oxygen atoms in total. The van der Waals surface area contributed by atoms with Gasteiger partial charge in [0.2, 0.25) is 5.91 Å². The van der Waals surface area contributed by atoms with Gasteiger partial charge >= 0.3 is 0 Å². The van der Waals surface area contributed by atoms with E-state index in [1.165, 1.54) is 0 Å². The topological polar surface area (TPSA) is 89.0 Å². The molecule has 3 N–H and O–H groups in total. The predicted octanol–water partition coefficient (Wildman–Crippen LogP) is 0.733. The van der Waals surface area contributed by atoms with E-state index in [2.05, 4.69) is 10.6 Å². The Morgan fingerprint density at radius 2 is 1.88 bits per heavy atom. The van der Waals surface area contributed by atoms with E-state index in [-0.39, 0.29) is 24.4 Å². The minimum Gasteiger partial charge on any atom is -0.496 e. The van der Waals surface area contributed by atoms with Crippen LogP contribution in [0, 0.1) is 0 Å². The molecule has 8 heteroatoms. The largest absolute Gasteiger partial charge is 0.496 e. The Kier molecular flexibility index (Phi) is 8.67. The third-order valence-corrected chi connectivity index (χ3v) is 3.64. The lowest BCUT2D eigenvalue weighted by Crippen LogP contribution is -2.40. The molecule has 1 saturated heterocycles. The van der Waals surface area contributed by atoms with E-state index >= 15 is 0 Å². The van der Waals surface area contributed by atoms with Crippen LogP contribution in [0.15, 0.2) is 18.2 Å². The normalized spacial score (nSPS) is 19.3. The molecule has 1 fully saturated rings. The second-order valence-electron chi connectivity index (χ2n) is 5.39. The third-order valence-electron chi connectivity index (χ3n) is 3.64. The van der Waals surface area contributed by atoms with Crippen LogP contribution in [0.1, 0.15) is 12.8 Å². The Bertz CT molecular complexity index is 507. The van der Waals surface area contributed by atoms with E-state index in [0.29, 0.717) is 49.8 Å². The van der Waals surface area contributed by atoms with Crippen molar-refractivity contribution in [1.29, 1.82) is 0 Å². The number of carbonyl (C=O) groups excluding carboxylic acids is 1. The average molecular weight is 361 g/mol. The molecule has 0 aromatic heterocycles. The van der Waals surface area contributed by atoms with Crippen molar-refractivity contribution in [1.82, 2.24) is 10.6 Å². The lowest BCUT2D eigenvalue weighted by atomic mass is 10.2. The summed E-state index contributed by atoms with van der Waals surface area (Å²) in [6.45, 7) is 1.46. The molecule has 1 aliphatic rings. The molecule has 1 amide bonds. The lowest BCUT2D eigenvalue weighted by molar-refractivity contribution is -0.122. The third kappa shape index (κ3) is 6.07. The van der Waals surface area contributed by atoms with Crippen molar-refractivity contribution in [2.24, 2.45) is 0 Å². The fourth-order valence-electron chi connectivity index (χ4n) is 2.38. The van der Waals surface area contributed by atoms with E-state index in [4.69, 9.17) is 14.2 Å². The van der Waals surface area contributed by atoms with E-state index in [1.54, 1.807) is 32.4 Å². The van der Waals surface area contributed by atoms with Gasteiger partial charge in [0.15, 0.2) is 0 Å². The fraction of sp³-hybridized carbons (Fsp3) is 0.562. The molecule has 1 aromatic carbocycles. The molecule has 136 valence electrons. The molecular weight excluding hydrogens is 336 g/mol. The van der Waals surface area contributed by atoms with Crippen LogP contribution in [-0.4, -0.2) is 57.1 Å². The first-order chi connectivity index (χ1) is 11.1. The van der Waals surface area contributed by atoms with Gasteiger partial charge in [-0.15, -0.1) is 12.4 Å². The van der Waals surface area contributed by atoms with Gasteiger partial charge in [-0.2, -0.15) is 0 Å². The van der Waals surface area contributed by atoms with Crippen LogP contribution < -0.4 is 24.8 Å². The quantitative estimate of drug-likeness (QED) is 0.592. The molecule has 0 saturated carbocycles. The molecule has 1 aliphatic heterocycles. The van der Waals surface area contributed by atoms with Crippen LogP contribution in [-0.2, 0) is 4.79 Å². The van der Waals surface area contributed by atoms with Crippen LogP contribution in [0.25, 0.3) is 0 Å². The molecule has 2 atom stereocenters. The molecular formula is C16H25ClN2O5. The van der Waals surface area contributed by atoms with Crippen molar-refractivity contribution >= 4 is 18.3 Å². The van der Waals surface area contributed by atoms with Crippen LogP contribution in [0.5, 0.6) is 17.2 Å². The molecule has 0 bridgehead atoms. The number of halogens is 1.